The molecule has 1 heterocycles. The van der Waals surface area contributed by atoms with Crippen LogP contribution in [0.1, 0.15) is 17.3 Å². The van der Waals surface area contributed by atoms with Gasteiger partial charge in [-0.15, -0.1) is 0 Å². The molecule has 0 unspecified atom stereocenters. The van der Waals surface area contributed by atoms with Crippen molar-refractivity contribution in [3.05, 3.63) is 52.3 Å². The number of hydrogen-bond donors (Lipinski definition) is 2. The summed E-state index contributed by atoms with van der Waals surface area (Å²) in [6, 6.07) is 8.79. The second kappa shape index (κ2) is 6.59. The molecule has 2 N–H and O–H groups in total. The van der Waals surface area contributed by atoms with Crippen LogP contribution < -0.4 is 10.6 Å². The Morgan fingerprint density at radius 2 is 2.00 bits per heavy atom. The molecule has 2 rings (SSSR count). The Bertz CT molecular complexity index is 632. The lowest BCUT2D eigenvalue weighted by atomic mass is 10.1. The largest absolute Gasteiger partial charge is 0.354 e. The van der Waals surface area contributed by atoms with Gasteiger partial charge in [0.25, 0.3) is 5.91 Å². The third kappa shape index (κ3) is 3.40. The fourth-order valence-electron chi connectivity index (χ4n) is 1.70. The number of pyridine rings is 1. The first-order chi connectivity index (χ1) is 9.61. The molecule has 0 saturated carbocycles. The average molecular weight is 310 g/mol. The molecule has 6 heteroatoms. The van der Waals surface area contributed by atoms with Crippen LogP contribution in [0.4, 0.5) is 11.4 Å². The Balaban J connectivity index is 2.34. The lowest BCUT2D eigenvalue weighted by Gasteiger charge is -2.12. The molecule has 0 radical (unpaired) electrons. The first-order valence-electron chi connectivity index (χ1n) is 6.07. The normalized spacial score (nSPS) is 10.2. The highest BCUT2D eigenvalue weighted by Gasteiger charge is 2.11. The molecule has 1 amide bonds. The molecule has 2 aromatic rings. The second-order valence-corrected chi connectivity index (χ2v) is 4.81. The van der Waals surface area contributed by atoms with Crippen LogP contribution in [0.25, 0.3) is 0 Å². The van der Waals surface area contributed by atoms with E-state index in [2.05, 4.69) is 15.6 Å². The number of carbonyl (C=O) groups is 1. The zero-order valence-electron chi connectivity index (χ0n) is 10.8. The number of halogens is 2. The van der Waals surface area contributed by atoms with Gasteiger partial charge in [0.05, 0.1) is 22.0 Å². The Kier molecular flexibility index (Phi) is 4.82. The maximum atomic E-state index is 12.0. The summed E-state index contributed by atoms with van der Waals surface area (Å²) >= 11 is 11.9. The van der Waals surface area contributed by atoms with Gasteiger partial charge in [-0.05, 0) is 19.1 Å². The first kappa shape index (κ1) is 14.6. The van der Waals surface area contributed by atoms with Crippen LogP contribution in [0.5, 0.6) is 0 Å². The molecule has 104 valence electrons. The number of aromatic nitrogens is 1. The maximum absolute atomic E-state index is 12.0. The van der Waals surface area contributed by atoms with Crippen molar-refractivity contribution >= 4 is 40.5 Å². The predicted molar refractivity (Wildman–Crippen MR) is 82.0 cm³/mol. The molecule has 0 aliphatic heterocycles. The van der Waals surface area contributed by atoms with Crippen LogP contribution in [0.3, 0.4) is 0 Å². The molecule has 0 saturated heterocycles. The van der Waals surface area contributed by atoms with Crippen molar-refractivity contribution in [3.63, 3.8) is 0 Å². The zero-order chi connectivity index (χ0) is 14.5. The van der Waals surface area contributed by atoms with Gasteiger partial charge in [-0.2, -0.15) is 0 Å². The molecule has 0 aliphatic rings. The Morgan fingerprint density at radius 1 is 1.25 bits per heavy atom. The second-order valence-electron chi connectivity index (χ2n) is 4.02. The van der Waals surface area contributed by atoms with E-state index in [-0.39, 0.29) is 5.91 Å². The van der Waals surface area contributed by atoms with Crippen molar-refractivity contribution in [2.75, 3.05) is 11.9 Å². The summed E-state index contributed by atoms with van der Waals surface area (Å²) in [5, 5.41) is 6.62. The summed E-state index contributed by atoms with van der Waals surface area (Å²) in [7, 11) is 0. The minimum atomic E-state index is -0.146. The van der Waals surface area contributed by atoms with E-state index in [0.29, 0.717) is 33.7 Å². The van der Waals surface area contributed by atoms with Crippen molar-refractivity contribution in [3.8, 4) is 0 Å². The van der Waals surface area contributed by atoms with Crippen molar-refractivity contribution in [1.29, 1.82) is 0 Å². The number of carbonyl (C=O) groups excluding carboxylic acids is 1. The fraction of sp³-hybridized carbons (Fsp3) is 0.143. The van der Waals surface area contributed by atoms with Crippen LogP contribution >= 0.6 is 23.2 Å². The third-order valence-corrected chi connectivity index (χ3v) is 3.11. The lowest BCUT2D eigenvalue weighted by Crippen LogP contribution is -2.23. The van der Waals surface area contributed by atoms with E-state index in [9.17, 15) is 4.79 Å². The van der Waals surface area contributed by atoms with E-state index in [1.54, 1.807) is 24.3 Å². The standard InChI is InChI=1S/C14H13Cl2N3O/c1-2-17-14(20)9-5-3-4-6-11(9)19-12-7-13(16)18-8-10(12)15/h3-8H,2H2,1H3,(H,17,20)(H,18,19). The summed E-state index contributed by atoms with van der Waals surface area (Å²) in [4.78, 5) is 15.9. The third-order valence-electron chi connectivity index (χ3n) is 2.60. The van der Waals surface area contributed by atoms with Crippen LogP contribution in [0.15, 0.2) is 36.5 Å². The number of hydrogen-bond acceptors (Lipinski definition) is 3. The van der Waals surface area contributed by atoms with E-state index in [1.165, 1.54) is 6.20 Å². The van der Waals surface area contributed by atoms with E-state index in [1.807, 2.05) is 13.0 Å². The summed E-state index contributed by atoms with van der Waals surface area (Å²) in [5.41, 5.74) is 1.80. The Labute approximate surface area is 127 Å². The molecule has 0 bridgehead atoms. The summed E-state index contributed by atoms with van der Waals surface area (Å²) in [6.45, 7) is 2.43. The van der Waals surface area contributed by atoms with Crippen molar-refractivity contribution in [1.82, 2.24) is 10.3 Å². The highest BCUT2D eigenvalue weighted by atomic mass is 35.5. The highest BCUT2D eigenvalue weighted by molar-refractivity contribution is 6.34. The minimum absolute atomic E-state index is 0.146. The van der Waals surface area contributed by atoms with Gasteiger partial charge in [-0.3, -0.25) is 4.79 Å². The van der Waals surface area contributed by atoms with Gasteiger partial charge in [0, 0.05) is 18.8 Å². The minimum Gasteiger partial charge on any atom is -0.354 e. The molecule has 0 fully saturated rings. The van der Waals surface area contributed by atoms with Crippen molar-refractivity contribution in [2.24, 2.45) is 0 Å². The average Bonchev–Trinajstić information content (AvgIpc) is 2.44. The fourth-order valence-corrected chi connectivity index (χ4v) is 2.01. The number of amides is 1. The van der Waals surface area contributed by atoms with Gasteiger partial charge in [0.15, 0.2) is 0 Å². The number of nitrogens with one attached hydrogen (secondary N) is 2. The first-order valence-corrected chi connectivity index (χ1v) is 6.82. The van der Waals surface area contributed by atoms with Crippen LogP contribution in [-0.4, -0.2) is 17.4 Å². The van der Waals surface area contributed by atoms with Crippen LogP contribution in [0.2, 0.25) is 10.2 Å². The number of nitrogens with zero attached hydrogens (tertiary/aromatic N) is 1. The number of anilines is 2. The molecule has 0 aliphatic carbocycles. The van der Waals surface area contributed by atoms with Gasteiger partial charge >= 0.3 is 0 Å². The molecule has 20 heavy (non-hydrogen) atoms. The van der Waals surface area contributed by atoms with Crippen LogP contribution in [0, 0.1) is 0 Å². The monoisotopic (exact) mass is 309 g/mol. The molecule has 0 atom stereocenters. The SMILES string of the molecule is CCNC(=O)c1ccccc1Nc1cc(Cl)ncc1Cl. The molecule has 1 aromatic heterocycles. The van der Waals surface area contributed by atoms with E-state index < -0.39 is 0 Å². The van der Waals surface area contributed by atoms with Gasteiger partial charge < -0.3 is 10.6 Å². The summed E-state index contributed by atoms with van der Waals surface area (Å²) < 4.78 is 0. The van der Waals surface area contributed by atoms with E-state index in [4.69, 9.17) is 23.2 Å². The number of benzene rings is 1. The quantitative estimate of drug-likeness (QED) is 0.843. The van der Waals surface area contributed by atoms with Crippen molar-refractivity contribution < 1.29 is 4.79 Å². The molecule has 1 aromatic carbocycles. The van der Waals surface area contributed by atoms with E-state index >= 15 is 0 Å². The van der Waals surface area contributed by atoms with Crippen molar-refractivity contribution in [2.45, 2.75) is 6.92 Å². The Morgan fingerprint density at radius 3 is 2.75 bits per heavy atom. The smallest absolute Gasteiger partial charge is 0.253 e. The Hall–Kier alpha value is -1.78. The molecule has 0 spiro atoms. The van der Waals surface area contributed by atoms with Gasteiger partial charge in [-0.25, -0.2) is 4.98 Å². The number of para-hydroxylation sites is 1. The summed E-state index contributed by atoms with van der Waals surface area (Å²) in [5.74, 6) is -0.146. The zero-order valence-corrected chi connectivity index (χ0v) is 12.3. The molecular formula is C14H13Cl2N3O. The van der Waals surface area contributed by atoms with Gasteiger partial charge in [-0.1, -0.05) is 35.3 Å². The predicted octanol–water partition coefficient (Wildman–Crippen LogP) is 3.88. The lowest BCUT2D eigenvalue weighted by molar-refractivity contribution is 0.0956. The van der Waals surface area contributed by atoms with E-state index in [0.717, 1.165) is 0 Å². The number of rotatable bonds is 4. The highest BCUT2D eigenvalue weighted by Crippen LogP contribution is 2.28. The topological polar surface area (TPSA) is 54.0 Å². The van der Waals surface area contributed by atoms with Gasteiger partial charge in [0.1, 0.15) is 5.15 Å². The van der Waals surface area contributed by atoms with Crippen LogP contribution in [-0.2, 0) is 0 Å². The summed E-state index contributed by atoms with van der Waals surface area (Å²) in [6.07, 6.45) is 1.46. The van der Waals surface area contributed by atoms with Gasteiger partial charge in [0.2, 0.25) is 0 Å². The maximum Gasteiger partial charge on any atom is 0.253 e. The molecular weight excluding hydrogens is 297 g/mol. The molecule has 4 nitrogen and oxygen atoms in total.